The van der Waals surface area contributed by atoms with E-state index in [0.717, 1.165) is 16.9 Å². The number of allylic oxidation sites excluding steroid dienone is 9. The molecule has 4 N–H and O–H groups in total. The van der Waals surface area contributed by atoms with Crippen molar-refractivity contribution in [1.82, 2.24) is 10.6 Å². The van der Waals surface area contributed by atoms with Gasteiger partial charge in [0.15, 0.2) is 9.84 Å². The summed E-state index contributed by atoms with van der Waals surface area (Å²) in [5.74, 6) is -0.0396. The summed E-state index contributed by atoms with van der Waals surface area (Å²) in [5.41, 5.74) is 5.96. The lowest BCUT2D eigenvalue weighted by molar-refractivity contribution is -0.116. The van der Waals surface area contributed by atoms with Crippen molar-refractivity contribution in [2.24, 2.45) is 10.6 Å². The number of fused-ring (bicyclic) bond motifs is 1. The molecule has 0 bridgehead atoms. The molecule has 2 heterocycles. The number of nitrogens with two attached hydrogens (primary N) is 1. The van der Waals surface area contributed by atoms with Crippen molar-refractivity contribution in [3.8, 4) is 0 Å². The van der Waals surface area contributed by atoms with Gasteiger partial charge in [-0.1, -0.05) is 62.3 Å². The van der Waals surface area contributed by atoms with E-state index < -0.39 is 25.1 Å². The normalized spacial score (nSPS) is 22.3. The maximum Gasteiger partial charge on any atom is 0.247 e. The van der Waals surface area contributed by atoms with E-state index in [2.05, 4.69) is 56.6 Å². The predicted molar refractivity (Wildman–Crippen MR) is 178 cm³/mol. The predicted octanol–water partition coefficient (Wildman–Crippen LogP) is 6.27. The monoisotopic (exact) mass is 651 g/mol. The van der Waals surface area contributed by atoms with Gasteiger partial charge in [-0.15, -0.1) is 11.3 Å². The first-order chi connectivity index (χ1) is 19.9. The lowest BCUT2D eigenvalue weighted by Gasteiger charge is -2.32. The SMILES string of the molecule is CCNC(=O)/C=C(C)/C=C/C=C(C)/C=C/C1=C(C)CCCC1(C)C.CCN[C@H]1CC(C)S(=O)(=O)c2sc(S(N)(=O)=O)cc21. The summed E-state index contributed by atoms with van der Waals surface area (Å²) >= 11 is 0.742. The van der Waals surface area contributed by atoms with Crippen molar-refractivity contribution >= 4 is 37.1 Å². The smallest absolute Gasteiger partial charge is 0.247 e. The Balaban J connectivity index is 0.000000307. The van der Waals surface area contributed by atoms with Gasteiger partial charge in [-0.05, 0) is 89.5 Å². The summed E-state index contributed by atoms with van der Waals surface area (Å²) in [4.78, 5) is 11.5. The molecule has 0 radical (unpaired) electrons. The molecule has 0 fully saturated rings. The minimum absolute atomic E-state index is 0.0396. The molecule has 1 aromatic heterocycles. The number of sulfonamides is 1. The van der Waals surface area contributed by atoms with E-state index in [0.29, 0.717) is 25.1 Å². The minimum atomic E-state index is -3.88. The largest absolute Gasteiger partial charge is 0.353 e. The Bertz CT molecular complexity index is 1520. The lowest BCUT2D eigenvalue weighted by Crippen LogP contribution is -2.33. The number of rotatable bonds is 9. The minimum Gasteiger partial charge on any atom is -0.353 e. The Morgan fingerprint density at radius 1 is 1.16 bits per heavy atom. The van der Waals surface area contributed by atoms with Gasteiger partial charge in [0.2, 0.25) is 15.9 Å². The van der Waals surface area contributed by atoms with Crippen molar-refractivity contribution in [2.75, 3.05) is 13.1 Å². The molecule has 0 spiro atoms. The van der Waals surface area contributed by atoms with Crippen LogP contribution in [0, 0.1) is 5.41 Å². The van der Waals surface area contributed by atoms with Crippen LogP contribution in [0.2, 0.25) is 0 Å². The van der Waals surface area contributed by atoms with E-state index in [1.54, 1.807) is 13.0 Å². The third kappa shape index (κ3) is 10.4. The van der Waals surface area contributed by atoms with Crippen LogP contribution in [0.15, 0.2) is 73.2 Å². The maximum absolute atomic E-state index is 12.2. The second kappa shape index (κ2) is 15.6. The number of amides is 1. The average Bonchev–Trinajstić information content (AvgIpc) is 3.35. The zero-order chi connectivity index (χ0) is 32.6. The number of nitrogens with one attached hydrogen (secondary N) is 2. The van der Waals surface area contributed by atoms with Gasteiger partial charge in [0.25, 0.3) is 0 Å². The average molecular weight is 652 g/mol. The van der Waals surface area contributed by atoms with E-state index in [-0.39, 0.29) is 25.8 Å². The highest BCUT2D eigenvalue weighted by Crippen LogP contribution is 2.43. The number of primary sulfonamides is 1. The Kier molecular flexibility index (Phi) is 13.4. The molecule has 0 saturated heterocycles. The maximum atomic E-state index is 12.2. The fourth-order valence-electron chi connectivity index (χ4n) is 5.29. The first kappa shape index (κ1) is 36.9. The van der Waals surface area contributed by atoms with Gasteiger partial charge in [-0.3, -0.25) is 4.79 Å². The molecular weight excluding hydrogens is 603 g/mol. The van der Waals surface area contributed by atoms with Crippen molar-refractivity contribution in [2.45, 2.75) is 101 Å². The molecule has 2 aliphatic rings. The van der Waals surface area contributed by atoms with Gasteiger partial charge < -0.3 is 10.6 Å². The van der Waals surface area contributed by atoms with E-state index in [1.807, 2.05) is 32.9 Å². The Hall–Kier alpha value is -2.31. The number of hydrogen-bond donors (Lipinski definition) is 3. The molecule has 1 aliphatic carbocycles. The molecule has 8 nitrogen and oxygen atoms in total. The number of carbonyl (C=O) groups excluding carboxylic acids is 1. The number of sulfone groups is 1. The number of thiophene rings is 1. The van der Waals surface area contributed by atoms with Gasteiger partial charge >= 0.3 is 0 Å². The molecule has 0 aromatic carbocycles. The van der Waals surface area contributed by atoms with Crippen LogP contribution in [-0.4, -0.2) is 41.1 Å². The molecule has 43 heavy (non-hydrogen) atoms. The van der Waals surface area contributed by atoms with Crippen LogP contribution in [0.1, 0.15) is 92.7 Å². The molecular formula is C32H49N3O5S3. The van der Waals surface area contributed by atoms with Crippen molar-refractivity contribution < 1.29 is 21.6 Å². The van der Waals surface area contributed by atoms with Gasteiger partial charge in [-0.2, -0.15) is 0 Å². The molecule has 1 aromatic rings. The molecule has 11 heteroatoms. The standard InChI is InChI=1S/C22H33NO.C10H16N2O4S3/c1-7-23-21(24)16-18(3)11-8-10-17(2)13-14-20-19(4)12-9-15-22(20,5)6;1-3-12-8-4-6(2)18(13,14)10-7(8)5-9(17-10)19(11,15)16/h8,10-11,13-14,16H,7,9,12,15H2,1-6H3,(H,23,24);5-6,8,12H,3-4H2,1-2H3,(H2,11,15,16)/b11-8+,14-13+,17-10+,18-16+;/t;6?,8-/m.0/s1. The van der Waals surface area contributed by atoms with Crippen LogP contribution in [0.4, 0.5) is 0 Å². The second-order valence-corrected chi connectivity index (χ2v) is 17.3. The van der Waals surface area contributed by atoms with E-state index in [1.165, 1.54) is 42.0 Å². The fraction of sp³-hybridized carbons (Fsp3) is 0.531. The number of carbonyl (C=O) groups is 1. The number of likely N-dealkylation sites (N-methyl/N-ethyl adjacent to an activating group) is 1. The highest BCUT2D eigenvalue weighted by molar-refractivity contribution is 7.95. The molecule has 240 valence electrons. The molecule has 1 aliphatic heterocycles. The summed E-state index contributed by atoms with van der Waals surface area (Å²) < 4.78 is 47.3. The van der Waals surface area contributed by atoms with E-state index in [9.17, 15) is 21.6 Å². The van der Waals surface area contributed by atoms with E-state index in [4.69, 9.17) is 5.14 Å². The molecule has 3 rings (SSSR count). The van der Waals surface area contributed by atoms with Crippen molar-refractivity contribution in [3.63, 3.8) is 0 Å². The quantitative estimate of drug-likeness (QED) is 0.213. The van der Waals surface area contributed by atoms with Crippen LogP contribution in [-0.2, 0) is 24.7 Å². The van der Waals surface area contributed by atoms with Crippen LogP contribution in [0.25, 0.3) is 0 Å². The first-order valence-corrected chi connectivity index (χ1v) is 18.7. The highest BCUT2D eigenvalue weighted by atomic mass is 32.3. The molecule has 2 atom stereocenters. The third-order valence-electron chi connectivity index (χ3n) is 7.65. The van der Waals surface area contributed by atoms with Crippen molar-refractivity contribution in [1.29, 1.82) is 0 Å². The zero-order valence-corrected chi connectivity index (χ0v) is 29.2. The Morgan fingerprint density at radius 2 is 1.84 bits per heavy atom. The van der Waals surface area contributed by atoms with Gasteiger partial charge in [-0.25, -0.2) is 22.0 Å². The zero-order valence-electron chi connectivity index (χ0n) is 26.8. The summed E-state index contributed by atoms with van der Waals surface area (Å²) in [6, 6.07) is 1.23. The molecule has 1 unspecified atom stereocenters. The van der Waals surface area contributed by atoms with E-state index >= 15 is 0 Å². The fourth-order valence-corrected chi connectivity index (χ4v) is 9.71. The van der Waals surface area contributed by atoms with Gasteiger partial charge in [0.1, 0.15) is 8.42 Å². The third-order valence-corrected chi connectivity index (χ3v) is 13.0. The van der Waals surface area contributed by atoms with Crippen LogP contribution < -0.4 is 15.8 Å². The summed E-state index contributed by atoms with van der Waals surface area (Å²) in [6.07, 6.45) is 16.3. The van der Waals surface area contributed by atoms with Crippen molar-refractivity contribution in [3.05, 3.63) is 70.4 Å². The Morgan fingerprint density at radius 3 is 2.42 bits per heavy atom. The second-order valence-electron chi connectivity index (χ2n) is 11.9. The lowest BCUT2D eigenvalue weighted by atomic mass is 9.72. The first-order valence-electron chi connectivity index (χ1n) is 14.8. The van der Waals surface area contributed by atoms with Crippen LogP contribution in [0.5, 0.6) is 0 Å². The van der Waals surface area contributed by atoms with Crippen LogP contribution >= 0.6 is 11.3 Å². The number of hydrogen-bond acceptors (Lipinski definition) is 7. The molecule has 1 amide bonds. The Labute approximate surface area is 263 Å². The van der Waals surface area contributed by atoms with Crippen LogP contribution in [0.3, 0.4) is 0 Å². The summed E-state index contributed by atoms with van der Waals surface area (Å²) in [5, 5.41) is 10.5. The summed E-state index contributed by atoms with van der Waals surface area (Å²) in [7, 11) is -7.33. The summed E-state index contributed by atoms with van der Waals surface area (Å²) in [6.45, 7) is 17.8. The topological polar surface area (TPSA) is 135 Å². The molecule has 0 saturated carbocycles. The van der Waals surface area contributed by atoms with Gasteiger partial charge in [0, 0.05) is 24.2 Å². The highest BCUT2D eigenvalue weighted by Gasteiger charge is 2.39. The van der Waals surface area contributed by atoms with Gasteiger partial charge in [0.05, 0.1) is 5.25 Å².